The fraction of sp³-hybridized carbons (Fsp3) is 0.412. The summed E-state index contributed by atoms with van der Waals surface area (Å²) in [6.07, 6.45) is 2.77. The van der Waals surface area contributed by atoms with Gasteiger partial charge in [0.1, 0.15) is 5.56 Å². The van der Waals surface area contributed by atoms with Crippen LogP contribution in [0.15, 0.2) is 29.8 Å². The highest BCUT2D eigenvalue weighted by molar-refractivity contribution is 7.10. The number of ether oxygens (including phenoxy) is 1. The first-order valence-electron chi connectivity index (χ1n) is 7.84. The van der Waals surface area contributed by atoms with Gasteiger partial charge in [0.05, 0.1) is 7.11 Å². The van der Waals surface area contributed by atoms with Crippen LogP contribution in [0.4, 0.5) is 0 Å². The van der Waals surface area contributed by atoms with E-state index in [-0.39, 0.29) is 5.91 Å². The van der Waals surface area contributed by atoms with E-state index in [0.717, 1.165) is 32.6 Å². The van der Waals surface area contributed by atoms with Crippen molar-refractivity contribution in [2.24, 2.45) is 0 Å². The Morgan fingerprint density at radius 1 is 1.39 bits per heavy atom. The molecule has 0 aliphatic carbocycles. The van der Waals surface area contributed by atoms with Gasteiger partial charge in [-0.25, -0.2) is 4.98 Å². The second kappa shape index (κ2) is 5.94. The van der Waals surface area contributed by atoms with Crippen LogP contribution in [0.3, 0.4) is 0 Å². The molecule has 0 spiro atoms. The van der Waals surface area contributed by atoms with Crippen molar-refractivity contribution in [2.45, 2.75) is 19.0 Å². The van der Waals surface area contributed by atoms with Crippen molar-refractivity contribution in [3.63, 3.8) is 0 Å². The van der Waals surface area contributed by atoms with Crippen LogP contribution in [0.2, 0.25) is 0 Å². The molecular formula is C17H19N3O2S. The normalized spacial score (nSPS) is 18.4. The van der Waals surface area contributed by atoms with Crippen molar-refractivity contribution in [3.8, 4) is 5.88 Å². The van der Waals surface area contributed by atoms with E-state index in [1.54, 1.807) is 25.4 Å². The molecule has 2 aromatic rings. The van der Waals surface area contributed by atoms with Crippen molar-refractivity contribution >= 4 is 17.2 Å². The Morgan fingerprint density at radius 3 is 3.09 bits per heavy atom. The van der Waals surface area contributed by atoms with Crippen LogP contribution < -0.4 is 4.74 Å². The second-order valence-electron chi connectivity index (χ2n) is 6.01. The molecule has 0 aromatic carbocycles. The molecule has 6 heteroatoms. The number of pyridine rings is 1. The topological polar surface area (TPSA) is 45.7 Å². The maximum atomic E-state index is 12.6. The van der Waals surface area contributed by atoms with Gasteiger partial charge in [0.2, 0.25) is 5.88 Å². The van der Waals surface area contributed by atoms with Gasteiger partial charge in [0, 0.05) is 43.3 Å². The summed E-state index contributed by atoms with van der Waals surface area (Å²) in [5.41, 5.74) is 2.01. The third-order valence-electron chi connectivity index (χ3n) is 4.70. The fourth-order valence-corrected chi connectivity index (χ4v) is 4.21. The predicted molar refractivity (Wildman–Crippen MR) is 88.9 cm³/mol. The molecule has 120 valence electrons. The molecule has 0 bridgehead atoms. The number of thiophene rings is 1. The van der Waals surface area contributed by atoms with E-state index in [9.17, 15) is 4.79 Å². The highest BCUT2D eigenvalue weighted by Crippen LogP contribution is 2.28. The molecule has 0 unspecified atom stereocenters. The summed E-state index contributed by atoms with van der Waals surface area (Å²) in [5, 5.41) is 2.18. The molecule has 0 radical (unpaired) electrons. The number of carbonyl (C=O) groups is 1. The van der Waals surface area contributed by atoms with Crippen molar-refractivity contribution in [3.05, 3.63) is 45.8 Å². The molecule has 2 aromatic heterocycles. The smallest absolute Gasteiger partial charge is 0.259 e. The van der Waals surface area contributed by atoms with Gasteiger partial charge < -0.3 is 9.64 Å². The lowest BCUT2D eigenvalue weighted by molar-refractivity contribution is 0.0218. The number of hydrogen-bond acceptors (Lipinski definition) is 5. The fourth-order valence-electron chi connectivity index (χ4n) is 3.32. The molecule has 1 fully saturated rings. The summed E-state index contributed by atoms with van der Waals surface area (Å²) in [7, 11) is 1.55. The van der Waals surface area contributed by atoms with Gasteiger partial charge >= 0.3 is 0 Å². The molecule has 4 heterocycles. The van der Waals surface area contributed by atoms with E-state index in [1.807, 2.05) is 16.2 Å². The van der Waals surface area contributed by atoms with Gasteiger partial charge in [-0.2, -0.15) is 0 Å². The third kappa shape index (κ3) is 2.62. The van der Waals surface area contributed by atoms with Crippen molar-refractivity contribution < 1.29 is 9.53 Å². The molecule has 0 saturated carbocycles. The van der Waals surface area contributed by atoms with Crippen LogP contribution in [0, 0.1) is 0 Å². The van der Waals surface area contributed by atoms with Crippen molar-refractivity contribution in [2.75, 3.05) is 26.7 Å². The Balaban J connectivity index is 1.39. The average molecular weight is 329 g/mol. The summed E-state index contributed by atoms with van der Waals surface area (Å²) >= 11 is 1.86. The van der Waals surface area contributed by atoms with Crippen LogP contribution in [0.5, 0.6) is 5.88 Å². The highest BCUT2D eigenvalue weighted by atomic mass is 32.1. The Hall–Kier alpha value is -1.92. The van der Waals surface area contributed by atoms with Gasteiger partial charge in [0.25, 0.3) is 5.91 Å². The summed E-state index contributed by atoms with van der Waals surface area (Å²) < 4.78 is 5.19. The summed E-state index contributed by atoms with van der Waals surface area (Å²) in [6, 6.07) is 6.25. The molecule has 2 aliphatic heterocycles. The van der Waals surface area contributed by atoms with Crippen molar-refractivity contribution in [1.29, 1.82) is 0 Å². The minimum Gasteiger partial charge on any atom is -0.480 e. The number of hydrogen-bond donors (Lipinski definition) is 0. The van der Waals surface area contributed by atoms with Gasteiger partial charge in [-0.1, -0.05) is 0 Å². The maximum Gasteiger partial charge on any atom is 0.259 e. The second-order valence-corrected chi connectivity index (χ2v) is 7.01. The SMILES string of the molecule is COc1ncccc1C(=O)N1CC(N2CCc3sccc3C2)C1. The van der Waals surface area contributed by atoms with Gasteiger partial charge in [-0.15, -0.1) is 11.3 Å². The zero-order valence-corrected chi connectivity index (χ0v) is 13.9. The first kappa shape index (κ1) is 14.7. The first-order valence-corrected chi connectivity index (χ1v) is 8.72. The quantitative estimate of drug-likeness (QED) is 0.864. The molecule has 1 amide bonds. The largest absolute Gasteiger partial charge is 0.480 e. The van der Waals surface area contributed by atoms with Crippen LogP contribution in [0.25, 0.3) is 0 Å². The van der Waals surface area contributed by atoms with E-state index < -0.39 is 0 Å². The highest BCUT2D eigenvalue weighted by Gasteiger charge is 2.37. The number of likely N-dealkylation sites (tertiary alicyclic amines) is 1. The van der Waals surface area contributed by atoms with Gasteiger partial charge in [0.15, 0.2) is 0 Å². The third-order valence-corrected chi connectivity index (χ3v) is 5.72. The number of amides is 1. The number of fused-ring (bicyclic) bond motifs is 1. The number of aromatic nitrogens is 1. The number of methoxy groups -OCH3 is 1. The molecule has 0 atom stereocenters. The van der Waals surface area contributed by atoms with Crippen LogP contribution in [-0.2, 0) is 13.0 Å². The summed E-state index contributed by atoms with van der Waals surface area (Å²) in [6.45, 7) is 3.69. The van der Waals surface area contributed by atoms with E-state index >= 15 is 0 Å². The van der Waals surface area contributed by atoms with Gasteiger partial charge in [-0.05, 0) is 35.6 Å². The average Bonchev–Trinajstić information content (AvgIpc) is 3.01. The lowest BCUT2D eigenvalue weighted by Crippen LogP contribution is -2.61. The molecule has 2 aliphatic rings. The molecule has 23 heavy (non-hydrogen) atoms. The number of rotatable bonds is 3. The lowest BCUT2D eigenvalue weighted by atomic mass is 10.0. The molecule has 5 nitrogen and oxygen atoms in total. The summed E-state index contributed by atoms with van der Waals surface area (Å²) in [4.78, 5) is 22.6. The minimum absolute atomic E-state index is 0.0134. The monoisotopic (exact) mass is 329 g/mol. The minimum atomic E-state index is 0.0134. The first-order chi connectivity index (χ1) is 11.3. The van der Waals surface area contributed by atoms with E-state index in [2.05, 4.69) is 21.3 Å². The lowest BCUT2D eigenvalue weighted by Gasteiger charge is -2.46. The Bertz CT molecular complexity index is 724. The Kier molecular flexibility index (Phi) is 3.79. The standard InChI is InChI=1S/C17H19N3O2S/c1-22-16-14(3-2-6-18-16)17(21)20-10-13(11-20)19-7-4-15-12(9-19)5-8-23-15/h2-3,5-6,8,13H,4,7,9-11H2,1H3. The molecule has 4 rings (SSSR count). The Labute approximate surface area is 139 Å². The Morgan fingerprint density at radius 2 is 2.26 bits per heavy atom. The number of nitrogens with zero attached hydrogens (tertiary/aromatic N) is 3. The number of carbonyl (C=O) groups excluding carboxylic acids is 1. The van der Waals surface area contributed by atoms with E-state index in [4.69, 9.17) is 4.74 Å². The van der Waals surface area contributed by atoms with Crippen LogP contribution in [0.1, 0.15) is 20.8 Å². The molecular weight excluding hydrogens is 310 g/mol. The molecule has 1 saturated heterocycles. The summed E-state index contributed by atoms with van der Waals surface area (Å²) in [5.74, 6) is 0.418. The zero-order valence-electron chi connectivity index (χ0n) is 13.1. The predicted octanol–water partition coefficient (Wildman–Crippen LogP) is 2.03. The zero-order chi connectivity index (χ0) is 15.8. The maximum absolute atomic E-state index is 12.6. The van der Waals surface area contributed by atoms with Crippen LogP contribution >= 0.6 is 11.3 Å². The van der Waals surface area contributed by atoms with Crippen LogP contribution in [-0.4, -0.2) is 53.5 Å². The van der Waals surface area contributed by atoms with E-state index in [1.165, 1.54) is 10.4 Å². The van der Waals surface area contributed by atoms with E-state index in [0.29, 0.717) is 17.5 Å². The van der Waals surface area contributed by atoms with Crippen molar-refractivity contribution in [1.82, 2.24) is 14.8 Å². The molecule has 0 N–H and O–H groups in total. The van der Waals surface area contributed by atoms with Gasteiger partial charge in [-0.3, -0.25) is 9.69 Å².